The van der Waals surface area contributed by atoms with Crippen molar-refractivity contribution < 1.29 is 14.9 Å². The highest BCUT2D eigenvalue weighted by atomic mass is 16.6. The minimum Gasteiger partial charge on any atom is -0.363 e. The van der Waals surface area contributed by atoms with Crippen molar-refractivity contribution in [2.45, 2.75) is 0 Å². The second kappa shape index (κ2) is 5.85. The summed E-state index contributed by atoms with van der Waals surface area (Å²) in [6, 6.07) is 4.19. The number of nitro benzene ring substituents is 1. The number of rotatable bonds is 3. The monoisotopic (exact) mass is 280 g/mol. The van der Waals surface area contributed by atoms with Crippen molar-refractivity contribution in [2.75, 3.05) is 38.1 Å². The van der Waals surface area contributed by atoms with Gasteiger partial charge in [0.2, 0.25) is 0 Å². The fourth-order valence-corrected chi connectivity index (χ4v) is 2.19. The first-order chi connectivity index (χ1) is 9.52. The van der Waals surface area contributed by atoms with E-state index in [1.807, 2.05) is 11.9 Å². The summed E-state index contributed by atoms with van der Waals surface area (Å²) < 4.78 is 0. The molecular weight excluding hydrogens is 264 g/mol. The van der Waals surface area contributed by atoms with Crippen LogP contribution < -0.4 is 10.4 Å². The van der Waals surface area contributed by atoms with Crippen LogP contribution in [0.4, 0.5) is 11.4 Å². The number of hydroxylamine groups is 1. The van der Waals surface area contributed by atoms with Crippen molar-refractivity contribution in [2.24, 2.45) is 0 Å². The molecule has 1 aliphatic heterocycles. The number of likely N-dealkylation sites (N-methyl/N-ethyl adjacent to an activating group) is 1. The van der Waals surface area contributed by atoms with E-state index in [0.29, 0.717) is 18.8 Å². The second-order valence-electron chi connectivity index (χ2n) is 4.69. The molecule has 1 saturated heterocycles. The van der Waals surface area contributed by atoms with Gasteiger partial charge in [0.15, 0.2) is 0 Å². The molecule has 1 fully saturated rings. The number of amides is 1. The maximum absolute atomic E-state index is 11.3. The molecule has 1 aromatic rings. The van der Waals surface area contributed by atoms with Gasteiger partial charge in [0.05, 0.1) is 4.92 Å². The maximum atomic E-state index is 11.3. The number of carbonyl (C=O) groups excluding carboxylic acids is 1. The minimum atomic E-state index is -0.766. The van der Waals surface area contributed by atoms with Crippen LogP contribution in [0, 0.1) is 10.1 Å². The summed E-state index contributed by atoms with van der Waals surface area (Å²) in [5.74, 6) is -0.766. The van der Waals surface area contributed by atoms with E-state index in [9.17, 15) is 14.9 Å². The Morgan fingerprint density at radius 3 is 2.55 bits per heavy atom. The zero-order chi connectivity index (χ0) is 14.7. The van der Waals surface area contributed by atoms with Crippen LogP contribution in [0.3, 0.4) is 0 Å². The summed E-state index contributed by atoms with van der Waals surface area (Å²) in [5.41, 5.74) is 1.89. The van der Waals surface area contributed by atoms with E-state index >= 15 is 0 Å². The highest BCUT2D eigenvalue weighted by molar-refractivity contribution is 5.95. The molecule has 1 aliphatic rings. The molecule has 8 nitrogen and oxygen atoms in total. The van der Waals surface area contributed by atoms with Gasteiger partial charge in [-0.3, -0.25) is 20.1 Å². The average Bonchev–Trinajstić information content (AvgIpc) is 2.46. The molecule has 8 heteroatoms. The number of nitro groups is 1. The average molecular weight is 280 g/mol. The molecule has 1 heterocycles. The Labute approximate surface area is 115 Å². The number of hydrogen-bond acceptors (Lipinski definition) is 6. The van der Waals surface area contributed by atoms with E-state index in [1.165, 1.54) is 17.6 Å². The van der Waals surface area contributed by atoms with E-state index in [0.717, 1.165) is 13.1 Å². The standard InChI is InChI=1S/C12H16N4O4/c1-14-4-6-15(7-5-14)10-3-2-9(12(17)13-18)8-11(10)16(19)20/h2-3,8,18H,4-7H2,1H3,(H,13,17). The molecule has 2 N–H and O–H groups in total. The molecule has 2 rings (SSSR count). The Hall–Kier alpha value is -2.19. The number of anilines is 1. The molecule has 108 valence electrons. The first-order valence-corrected chi connectivity index (χ1v) is 6.19. The highest BCUT2D eigenvalue weighted by Crippen LogP contribution is 2.29. The van der Waals surface area contributed by atoms with E-state index in [-0.39, 0.29) is 11.3 Å². The van der Waals surface area contributed by atoms with Crippen LogP contribution >= 0.6 is 0 Å². The quantitative estimate of drug-likeness (QED) is 0.474. The molecule has 0 spiro atoms. The van der Waals surface area contributed by atoms with Crippen molar-refractivity contribution in [3.8, 4) is 0 Å². The lowest BCUT2D eigenvalue weighted by molar-refractivity contribution is -0.384. The fourth-order valence-electron chi connectivity index (χ4n) is 2.19. The molecule has 0 bridgehead atoms. The molecule has 0 aliphatic carbocycles. The molecule has 0 radical (unpaired) electrons. The van der Waals surface area contributed by atoms with Crippen LogP contribution in [0.15, 0.2) is 18.2 Å². The van der Waals surface area contributed by atoms with Gasteiger partial charge >= 0.3 is 0 Å². The molecule has 0 saturated carbocycles. The third kappa shape index (κ3) is 2.86. The topological polar surface area (TPSA) is 99.0 Å². The van der Waals surface area contributed by atoms with Crippen LogP contribution in [0.5, 0.6) is 0 Å². The first-order valence-electron chi connectivity index (χ1n) is 6.19. The second-order valence-corrected chi connectivity index (χ2v) is 4.69. The van der Waals surface area contributed by atoms with Gasteiger partial charge < -0.3 is 9.80 Å². The lowest BCUT2D eigenvalue weighted by Crippen LogP contribution is -2.44. The molecular formula is C12H16N4O4. The predicted octanol–water partition coefficient (Wildman–Crippen LogP) is 0.466. The number of hydrogen-bond donors (Lipinski definition) is 2. The Bertz CT molecular complexity index is 526. The predicted molar refractivity (Wildman–Crippen MR) is 72.1 cm³/mol. The molecule has 1 aromatic carbocycles. The van der Waals surface area contributed by atoms with Gasteiger partial charge in [-0.05, 0) is 19.2 Å². The molecule has 0 unspecified atom stereocenters. The molecule has 20 heavy (non-hydrogen) atoms. The van der Waals surface area contributed by atoms with E-state index < -0.39 is 10.8 Å². The highest BCUT2D eigenvalue weighted by Gasteiger charge is 2.24. The summed E-state index contributed by atoms with van der Waals surface area (Å²) >= 11 is 0. The van der Waals surface area contributed by atoms with Gasteiger partial charge in [0.1, 0.15) is 5.69 Å². The third-order valence-electron chi connectivity index (χ3n) is 3.38. The van der Waals surface area contributed by atoms with Crippen LogP contribution in [0.2, 0.25) is 0 Å². The molecule has 0 atom stereocenters. The summed E-state index contributed by atoms with van der Waals surface area (Å²) in [6.07, 6.45) is 0. The largest absolute Gasteiger partial charge is 0.363 e. The number of carbonyl (C=O) groups is 1. The maximum Gasteiger partial charge on any atom is 0.293 e. The van der Waals surface area contributed by atoms with Gasteiger partial charge in [0.25, 0.3) is 11.6 Å². The van der Waals surface area contributed by atoms with Gasteiger partial charge in [0, 0.05) is 37.8 Å². The molecule has 1 amide bonds. The Balaban J connectivity index is 2.33. The SMILES string of the molecule is CN1CCN(c2ccc(C(=O)NO)cc2[N+](=O)[O-])CC1. The van der Waals surface area contributed by atoms with Gasteiger partial charge in [-0.2, -0.15) is 0 Å². The number of piperazine rings is 1. The normalized spacial score (nSPS) is 16.0. The Morgan fingerprint density at radius 2 is 2.00 bits per heavy atom. The lowest BCUT2D eigenvalue weighted by atomic mass is 10.1. The van der Waals surface area contributed by atoms with Crippen molar-refractivity contribution in [1.82, 2.24) is 10.4 Å². The third-order valence-corrected chi connectivity index (χ3v) is 3.38. The first kappa shape index (κ1) is 14.2. The van der Waals surface area contributed by atoms with Crippen LogP contribution in [-0.2, 0) is 0 Å². The lowest BCUT2D eigenvalue weighted by Gasteiger charge is -2.33. The van der Waals surface area contributed by atoms with Gasteiger partial charge in [-0.15, -0.1) is 0 Å². The van der Waals surface area contributed by atoms with Crippen molar-refractivity contribution in [1.29, 1.82) is 0 Å². The van der Waals surface area contributed by atoms with E-state index in [2.05, 4.69) is 4.90 Å². The Morgan fingerprint density at radius 1 is 1.35 bits per heavy atom. The zero-order valence-electron chi connectivity index (χ0n) is 11.1. The van der Waals surface area contributed by atoms with E-state index in [4.69, 9.17) is 5.21 Å². The van der Waals surface area contributed by atoms with Crippen molar-refractivity contribution in [3.63, 3.8) is 0 Å². The zero-order valence-corrected chi connectivity index (χ0v) is 11.1. The summed E-state index contributed by atoms with van der Waals surface area (Å²) in [6.45, 7) is 3.05. The van der Waals surface area contributed by atoms with E-state index in [1.54, 1.807) is 6.07 Å². The summed E-state index contributed by atoms with van der Waals surface area (Å²) in [4.78, 5) is 26.0. The Kier molecular flexibility index (Phi) is 4.16. The van der Waals surface area contributed by atoms with Gasteiger partial charge in [-0.25, -0.2) is 5.48 Å². The number of benzene rings is 1. The number of nitrogens with zero attached hydrogens (tertiary/aromatic N) is 3. The van der Waals surface area contributed by atoms with Crippen LogP contribution in [-0.4, -0.2) is 54.2 Å². The minimum absolute atomic E-state index is 0.0528. The van der Waals surface area contributed by atoms with Gasteiger partial charge in [-0.1, -0.05) is 0 Å². The van der Waals surface area contributed by atoms with Crippen molar-refractivity contribution in [3.05, 3.63) is 33.9 Å². The van der Waals surface area contributed by atoms with Crippen molar-refractivity contribution >= 4 is 17.3 Å². The molecule has 0 aromatic heterocycles. The van der Waals surface area contributed by atoms with Crippen LogP contribution in [0.25, 0.3) is 0 Å². The number of nitrogens with one attached hydrogen (secondary N) is 1. The summed E-state index contributed by atoms with van der Waals surface area (Å²) in [5, 5.41) is 19.7. The smallest absolute Gasteiger partial charge is 0.293 e. The summed E-state index contributed by atoms with van der Waals surface area (Å²) in [7, 11) is 2.00. The van der Waals surface area contributed by atoms with Crippen LogP contribution in [0.1, 0.15) is 10.4 Å². The fraction of sp³-hybridized carbons (Fsp3) is 0.417.